The number of unbranched alkanes of at least 4 members (excludes halogenated alkanes) is 4. The molecule has 0 unspecified atom stereocenters. The van der Waals surface area contributed by atoms with E-state index in [1.54, 1.807) is 5.59 Å². The van der Waals surface area contributed by atoms with Gasteiger partial charge in [0.1, 0.15) is 0 Å². The second-order valence-electron chi connectivity index (χ2n) is 2.82. The quantitative estimate of drug-likeness (QED) is 0.403. The summed E-state index contributed by atoms with van der Waals surface area (Å²) in [4.78, 5) is 10.7. The average molecular weight is 174 g/mol. The summed E-state index contributed by atoms with van der Waals surface area (Å²) >= 11 is 0. The Morgan fingerprint density at radius 3 is 2.50 bits per heavy atom. The first-order chi connectivity index (χ1) is 5.81. The van der Waals surface area contributed by atoms with Crippen LogP contribution in [0.4, 0.5) is 0 Å². The summed E-state index contributed by atoms with van der Waals surface area (Å²) in [5.74, 6) is -0.158. The van der Waals surface area contributed by atoms with Crippen LogP contribution in [0.5, 0.6) is 0 Å². The van der Waals surface area contributed by atoms with Crippen molar-refractivity contribution < 1.29 is 10.0 Å². The maximum atomic E-state index is 10.7. The Balaban J connectivity index is 3.03. The first-order valence-corrected chi connectivity index (χ1v) is 4.49. The highest BCUT2D eigenvalue weighted by atomic mass is 16.5. The molecule has 4 nitrogen and oxygen atoms in total. The molecule has 0 aliphatic rings. The zero-order chi connectivity index (χ0) is 9.23. The van der Waals surface area contributed by atoms with E-state index in [0.29, 0.717) is 6.42 Å². The Bertz CT molecular complexity index is 118. The van der Waals surface area contributed by atoms with Gasteiger partial charge in [0, 0.05) is 6.42 Å². The van der Waals surface area contributed by atoms with Crippen LogP contribution >= 0.6 is 0 Å². The van der Waals surface area contributed by atoms with Crippen LogP contribution in [-0.4, -0.2) is 11.1 Å². The van der Waals surface area contributed by atoms with Gasteiger partial charge in [0.25, 0.3) is 0 Å². The minimum Gasteiger partial charge on any atom is -0.297 e. The van der Waals surface area contributed by atoms with Crippen LogP contribution in [-0.2, 0) is 4.79 Å². The lowest BCUT2D eigenvalue weighted by atomic mass is 10.1. The van der Waals surface area contributed by atoms with E-state index in [0.717, 1.165) is 12.8 Å². The van der Waals surface area contributed by atoms with Gasteiger partial charge in [-0.1, -0.05) is 32.6 Å². The minimum atomic E-state index is -0.158. The Kier molecular flexibility index (Phi) is 8.05. The number of hydrazine groups is 1. The molecule has 72 valence electrons. The largest absolute Gasteiger partial charge is 0.297 e. The molecular weight excluding hydrogens is 156 g/mol. The zero-order valence-electron chi connectivity index (χ0n) is 7.60. The highest BCUT2D eigenvalue weighted by molar-refractivity contribution is 5.75. The van der Waals surface area contributed by atoms with E-state index in [1.165, 1.54) is 19.3 Å². The third-order valence-corrected chi connectivity index (χ3v) is 1.70. The molecule has 0 aliphatic carbocycles. The summed E-state index contributed by atoms with van der Waals surface area (Å²) in [5, 5.41) is 8.10. The molecule has 0 aromatic heterocycles. The Labute approximate surface area is 73.3 Å². The fourth-order valence-corrected chi connectivity index (χ4v) is 1.01. The van der Waals surface area contributed by atoms with Gasteiger partial charge in [0.15, 0.2) is 0 Å². The summed E-state index contributed by atoms with van der Waals surface area (Å²) in [7, 11) is 0. The van der Waals surface area contributed by atoms with Crippen LogP contribution in [0.1, 0.15) is 45.4 Å². The van der Waals surface area contributed by atoms with Gasteiger partial charge in [-0.05, 0) is 6.42 Å². The molecule has 0 aromatic carbocycles. The maximum absolute atomic E-state index is 10.7. The topological polar surface area (TPSA) is 61.4 Å². The van der Waals surface area contributed by atoms with Crippen molar-refractivity contribution in [3.05, 3.63) is 0 Å². The molecule has 0 spiro atoms. The fourth-order valence-electron chi connectivity index (χ4n) is 1.01. The van der Waals surface area contributed by atoms with Crippen molar-refractivity contribution >= 4 is 5.91 Å². The van der Waals surface area contributed by atoms with Crippen LogP contribution in [0.25, 0.3) is 0 Å². The molecule has 0 saturated carbocycles. The van der Waals surface area contributed by atoms with Crippen LogP contribution in [0.2, 0.25) is 0 Å². The third-order valence-electron chi connectivity index (χ3n) is 1.70. The standard InChI is InChI=1S/C8H18N2O2/c1-2-3-4-5-6-7-8(11)9-10-12/h10,12H,2-7H2,1H3,(H,9,11). The summed E-state index contributed by atoms with van der Waals surface area (Å²) in [6.07, 6.45) is 6.11. The molecule has 0 radical (unpaired) electrons. The SMILES string of the molecule is CCCCCCCC(=O)NNO. The van der Waals surface area contributed by atoms with E-state index in [-0.39, 0.29) is 5.91 Å². The lowest BCUT2D eigenvalue weighted by Crippen LogP contribution is -2.34. The number of nitrogens with one attached hydrogen (secondary N) is 2. The van der Waals surface area contributed by atoms with Gasteiger partial charge in [0.05, 0.1) is 0 Å². The predicted octanol–water partition coefficient (Wildman–Crippen LogP) is 1.36. The number of hydrogen-bond donors (Lipinski definition) is 3. The average Bonchev–Trinajstić information content (AvgIpc) is 2.05. The molecule has 0 aromatic rings. The second-order valence-corrected chi connectivity index (χ2v) is 2.82. The van der Waals surface area contributed by atoms with Crippen molar-refractivity contribution in [1.82, 2.24) is 11.0 Å². The molecule has 12 heavy (non-hydrogen) atoms. The Morgan fingerprint density at radius 1 is 1.25 bits per heavy atom. The summed E-state index contributed by atoms with van der Waals surface area (Å²) in [6, 6.07) is 0. The summed E-state index contributed by atoms with van der Waals surface area (Å²) in [6.45, 7) is 2.16. The Hall–Kier alpha value is -0.610. The second kappa shape index (κ2) is 8.49. The van der Waals surface area contributed by atoms with E-state index in [1.807, 2.05) is 0 Å². The molecule has 1 amide bonds. The monoisotopic (exact) mass is 174 g/mol. The molecule has 0 rings (SSSR count). The van der Waals surface area contributed by atoms with Crippen molar-refractivity contribution in [3.8, 4) is 0 Å². The number of rotatable bonds is 7. The molecular formula is C8H18N2O2. The zero-order valence-corrected chi connectivity index (χ0v) is 7.60. The molecule has 0 atom stereocenters. The van der Waals surface area contributed by atoms with Crippen molar-refractivity contribution in [2.45, 2.75) is 45.4 Å². The van der Waals surface area contributed by atoms with E-state index >= 15 is 0 Å². The molecule has 3 N–H and O–H groups in total. The highest BCUT2D eigenvalue weighted by Gasteiger charge is 1.97. The molecule has 0 aliphatic heterocycles. The normalized spacial score (nSPS) is 9.83. The number of amides is 1. The maximum Gasteiger partial charge on any atom is 0.235 e. The number of hydrogen-bond acceptors (Lipinski definition) is 3. The number of carbonyl (C=O) groups is 1. The van der Waals surface area contributed by atoms with Gasteiger partial charge in [-0.25, -0.2) is 0 Å². The molecule has 0 bridgehead atoms. The number of carbonyl (C=O) groups excluding carboxylic acids is 1. The first-order valence-electron chi connectivity index (χ1n) is 4.49. The van der Waals surface area contributed by atoms with E-state index in [9.17, 15) is 4.79 Å². The van der Waals surface area contributed by atoms with Crippen molar-refractivity contribution in [2.75, 3.05) is 0 Å². The molecule has 0 heterocycles. The van der Waals surface area contributed by atoms with E-state index in [2.05, 4.69) is 12.3 Å². The predicted molar refractivity (Wildman–Crippen MR) is 46.4 cm³/mol. The minimum absolute atomic E-state index is 0.158. The van der Waals surface area contributed by atoms with E-state index < -0.39 is 0 Å². The third kappa shape index (κ3) is 7.50. The van der Waals surface area contributed by atoms with Crippen molar-refractivity contribution in [1.29, 1.82) is 0 Å². The van der Waals surface area contributed by atoms with Crippen LogP contribution in [0, 0.1) is 0 Å². The van der Waals surface area contributed by atoms with Gasteiger partial charge < -0.3 is 0 Å². The van der Waals surface area contributed by atoms with Crippen molar-refractivity contribution in [2.24, 2.45) is 0 Å². The molecule has 0 fully saturated rings. The van der Waals surface area contributed by atoms with Crippen LogP contribution < -0.4 is 11.0 Å². The van der Waals surface area contributed by atoms with Gasteiger partial charge in [-0.15, -0.1) is 5.59 Å². The smallest absolute Gasteiger partial charge is 0.235 e. The molecule has 0 saturated heterocycles. The summed E-state index contributed by atoms with van der Waals surface area (Å²) < 4.78 is 0. The van der Waals surface area contributed by atoms with Gasteiger partial charge in [0.2, 0.25) is 5.91 Å². The lowest BCUT2D eigenvalue weighted by molar-refractivity contribution is -0.125. The van der Waals surface area contributed by atoms with Crippen LogP contribution in [0.3, 0.4) is 0 Å². The highest BCUT2D eigenvalue weighted by Crippen LogP contribution is 2.04. The van der Waals surface area contributed by atoms with Crippen molar-refractivity contribution in [3.63, 3.8) is 0 Å². The fraction of sp³-hybridized carbons (Fsp3) is 0.875. The van der Waals surface area contributed by atoms with Gasteiger partial charge in [-0.3, -0.25) is 15.4 Å². The Morgan fingerprint density at radius 2 is 1.92 bits per heavy atom. The van der Waals surface area contributed by atoms with Gasteiger partial charge >= 0.3 is 0 Å². The first kappa shape index (κ1) is 11.4. The van der Waals surface area contributed by atoms with Gasteiger partial charge in [-0.2, -0.15) is 0 Å². The van der Waals surface area contributed by atoms with E-state index in [4.69, 9.17) is 5.21 Å². The lowest BCUT2D eigenvalue weighted by Gasteiger charge is -2.01. The van der Waals surface area contributed by atoms with Crippen LogP contribution in [0.15, 0.2) is 0 Å². The molecule has 4 heteroatoms. The summed E-state index contributed by atoms with van der Waals surface area (Å²) in [5.41, 5.74) is 3.72.